The maximum absolute atomic E-state index is 5.65. The highest BCUT2D eigenvalue weighted by atomic mass is 79.9. The van der Waals surface area contributed by atoms with E-state index < -0.39 is 8.38 Å². The van der Waals surface area contributed by atoms with E-state index in [4.69, 9.17) is 9.05 Å². The molecule has 2 nitrogen and oxygen atoms in total. The summed E-state index contributed by atoms with van der Waals surface area (Å²) in [4.78, 5) is 0. The Morgan fingerprint density at radius 1 is 1.15 bits per heavy atom. The van der Waals surface area contributed by atoms with Crippen LogP contribution < -0.4 is 0 Å². The molecule has 0 radical (unpaired) electrons. The molecule has 0 saturated carbocycles. The quantitative estimate of drug-likeness (QED) is 0.475. The van der Waals surface area contributed by atoms with Gasteiger partial charge in [-0.3, -0.25) is 0 Å². The first kappa shape index (κ1) is 17.7. The summed E-state index contributed by atoms with van der Waals surface area (Å²) in [6, 6.07) is 6.28. The van der Waals surface area contributed by atoms with E-state index in [2.05, 4.69) is 52.9 Å². The Labute approximate surface area is 132 Å². The molecule has 0 N–H and O–H groups in total. The second kappa shape index (κ2) is 10.4. The first-order valence-electron chi connectivity index (χ1n) is 7.01. The Hall–Kier alpha value is -0.390. The third-order valence-corrected chi connectivity index (χ3v) is 4.89. The zero-order valence-corrected chi connectivity index (χ0v) is 14.9. The van der Waals surface area contributed by atoms with Gasteiger partial charge in [0.1, 0.15) is 0 Å². The van der Waals surface area contributed by atoms with E-state index >= 15 is 0 Å². The molecule has 0 aliphatic carbocycles. The Balaban J connectivity index is 2.80. The molecule has 0 unspecified atom stereocenters. The second-order valence-corrected chi connectivity index (χ2v) is 6.54. The van der Waals surface area contributed by atoms with Gasteiger partial charge in [-0.15, -0.1) is 0 Å². The number of unbranched alkanes of at least 4 members (excludes halogenated alkanes) is 1. The van der Waals surface area contributed by atoms with Crippen LogP contribution in [0.1, 0.15) is 44.7 Å². The van der Waals surface area contributed by atoms with Gasteiger partial charge in [-0.2, -0.15) is 0 Å². The topological polar surface area (TPSA) is 18.5 Å². The molecule has 0 aliphatic rings. The monoisotopic (exact) mass is 356 g/mol. The first-order chi connectivity index (χ1) is 9.71. The molecule has 0 fully saturated rings. The highest BCUT2D eigenvalue weighted by Crippen LogP contribution is 2.42. The third-order valence-electron chi connectivity index (χ3n) is 2.49. The fraction of sp³-hybridized carbons (Fsp3) is 0.500. The average Bonchev–Trinajstić information content (AvgIpc) is 2.43. The molecule has 0 bridgehead atoms. The minimum Gasteiger partial charge on any atom is -0.334 e. The van der Waals surface area contributed by atoms with Crippen molar-refractivity contribution in [2.75, 3.05) is 13.2 Å². The first-order valence-corrected chi connectivity index (χ1v) is 9.17. The summed E-state index contributed by atoms with van der Waals surface area (Å²) >= 11 is 3.55. The van der Waals surface area contributed by atoms with Crippen molar-refractivity contribution in [3.63, 3.8) is 0 Å². The molecule has 110 valence electrons. The van der Waals surface area contributed by atoms with Crippen molar-refractivity contribution < 1.29 is 9.05 Å². The average molecular weight is 357 g/mol. The zero-order valence-electron chi connectivity index (χ0n) is 12.4. The zero-order chi connectivity index (χ0) is 14.8. The summed E-state index contributed by atoms with van der Waals surface area (Å²) in [5, 5.41) is 0. The lowest BCUT2D eigenvalue weighted by Crippen LogP contribution is -1.95. The molecule has 20 heavy (non-hydrogen) atoms. The van der Waals surface area contributed by atoms with Gasteiger partial charge in [-0.05, 0) is 53.9 Å². The smallest absolute Gasteiger partial charge is 0.175 e. The molecule has 1 aromatic carbocycles. The third kappa shape index (κ3) is 6.37. The number of hydrogen-bond acceptors (Lipinski definition) is 2. The molecule has 0 saturated heterocycles. The van der Waals surface area contributed by atoms with Crippen molar-refractivity contribution >= 4 is 24.3 Å². The van der Waals surface area contributed by atoms with Crippen LogP contribution in [-0.4, -0.2) is 13.2 Å². The van der Waals surface area contributed by atoms with Crippen molar-refractivity contribution in [2.45, 2.75) is 39.8 Å². The van der Waals surface area contributed by atoms with Crippen LogP contribution in [0.2, 0.25) is 0 Å². The summed E-state index contributed by atoms with van der Waals surface area (Å²) < 4.78 is 12.3. The van der Waals surface area contributed by atoms with E-state index in [-0.39, 0.29) is 0 Å². The summed E-state index contributed by atoms with van der Waals surface area (Å²) in [6.45, 7) is 7.50. The fourth-order valence-electron chi connectivity index (χ4n) is 1.61. The molecular formula is C16H22BrO2P. The molecule has 0 aromatic heterocycles. The molecule has 0 heterocycles. The van der Waals surface area contributed by atoms with E-state index in [1.165, 1.54) is 5.56 Å². The van der Waals surface area contributed by atoms with Crippen LogP contribution >= 0.6 is 24.3 Å². The largest absolute Gasteiger partial charge is 0.334 e. The van der Waals surface area contributed by atoms with Crippen molar-refractivity contribution in [1.82, 2.24) is 0 Å². The van der Waals surface area contributed by atoms with Crippen LogP contribution in [0.25, 0.3) is 0 Å². The van der Waals surface area contributed by atoms with E-state index in [0.29, 0.717) is 13.2 Å². The Kier molecular flexibility index (Phi) is 9.14. The van der Waals surface area contributed by atoms with E-state index in [1.54, 1.807) is 0 Å². The SMILES string of the molecule is CCCC#Cc1cc(CP(OCC)OCC)ccc1Br. The molecule has 1 aromatic rings. The highest BCUT2D eigenvalue weighted by Gasteiger charge is 2.11. The van der Waals surface area contributed by atoms with Gasteiger partial charge in [0.2, 0.25) is 0 Å². The lowest BCUT2D eigenvalue weighted by atomic mass is 10.1. The van der Waals surface area contributed by atoms with Gasteiger partial charge in [0.05, 0.1) is 13.2 Å². The van der Waals surface area contributed by atoms with Crippen molar-refractivity contribution in [3.8, 4) is 11.8 Å². The van der Waals surface area contributed by atoms with E-state index in [9.17, 15) is 0 Å². The van der Waals surface area contributed by atoms with Gasteiger partial charge < -0.3 is 9.05 Å². The summed E-state index contributed by atoms with van der Waals surface area (Å²) in [6.07, 6.45) is 2.83. The number of rotatable bonds is 7. The van der Waals surface area contributed by atoms with Crippen LogP contribution in [-0.2, 0) is 15.2 Å². The normalized spacial score (nSPS) is 10.4. The number of halogens is 1. The standard InChI is InChI=1S/C16H22BrO2P/c1-4-7-8-9-15-12-14(10-11-16(15)17)13-20(18-5-2)19-6-3/h10-12H,4-7,13H2,1-3H3. The maximum atomic E-state index is 5.65. The van der Waals surface area contributed by atoms with Gasteiger partial charge in [-0.1, -0.05) is 24.8 Å². The van der Waals surface area contributed by atoms with Crippen LogP contribution in [0.15, 0.2) is 22.7 Å². The van der Waals surface area contributed by atoms with Gasteiger partial charge in [0.25, 0.3) is 0 Å². The predicted octanol–water partition coefficient (Wildman–Crippen LogP) is 5.49. The van der Waals surface area contributed by atoms with Gasteiger partial charge in [0.15, 0.2) is 8.38 Å². The summed E-state index contributed by atoms with van der Waals surface area (Å²) in [7, 11) is -0.839. The molecule has 0 spiro atoms. The summed E-state index contributed by atoms with van der Waals surface area (Å²) in [5.74, 6) is 6.41. The Bertz CT molecular complexity index is 459. The number of benzene rings is 1. The lowest BCUT2D eigenvalue weighted by Gasteiger charge is -2.15. The maximum Gasteiger partial charge on any atom is 0.175 e. The summed E-state index contributed by atoms with van der Waals surface area (Å²) in [5.41, 5.74) is 2.25. The predicted molar refractivity (Wildman–Crippen MR) is 89.8 cm³/mol. The van der Waals surface area contributed by atoms with E-state index in [1.807, 2.05) is 13.8 Å². The number of hydrogen-bond donors (Lipinski definition) is 0. The molecule has 0 aliphatic heterocycles. The molecule has 4 heteroatoms. The van der Waals surface area contributed by atoms with E-state index in [0.717, 1.165) is 29.0 Å². The molecule has 0 atom stereocenters. The highest BCUT2D eigenvalue weighted by molar-refractivity contribution is 9.10. The Morgan fingerprint density at radius 3 is 2.45 bits per heavy atom. The molecular weight excluding hydrogens is 335 g/mol. The van der Waals surface area contributed by atoms with Crippen molar-refractivity contribution in [3.05, 3.63) is 33.8 Å². The van der Waals surface area contributed by atoms with Crippen LogP contribution in [0.4, 0.5) is 0 Å². The second-order valence-electron chi connectivity index (χ2n) is 4.19. The Morgan fingerprint density at radius 2 is 1.85 bits per heavy atom. The van der Waals surface area contributed by atoms with Crippen LogP contribution in [0.3, 0.4) is 0 Å². The van der Waals surface area contributed by atoms with Crippen molar-refractivity contribution in [1.29, 1.82) is 0 Å². The lowest BCUT2D eigenvalue weighted by molar-refractivity contribution is 0.268. The minimum atomic E-state index is -0.839. The molecule has 1 rings (SSSR count). The van der Waals surface area contributed by atoms with Crippen molar-refractivity contribution in [2.24, 2.45) is 0 Å². The fourth-order valence-corrected chi connectivity index (χ4v) is 3.29. The molecule has 0 amide bonds. The van der Waals surface area contributed by atoms with Crippen LogP contribution in [0, 0.1) is 11.8 Å². The minimum absolute atomic E-state index is 0.686. The van der Waals surface area contributed by atoms with Gasteiger partial charge >= 0.3 is 0 Å². The van der Waals surface area contributed by atoms with Gasteiger partial charge in [0, 0.05) is 22.6 Å². The van der Waals surface area contributed by atoms with Crippen LogP contribution in [0.5, 0.6) is 0 Å². The van der Waals surface area contributed by atoms with Gasteiger partial charge in [-0.25, -0.2) is 0 Å².